The van der Waals surface area contributed by atoms with Gasteiger partial charge in [0, 0.05) is 44.2 Å². The van der Waals surface area contributed by atoms with Gasteiger partial charge < -0.3 is 14.2 Å². The van der Waals surface area contributed by atoms with Crippen LogP contribution in [0.1, 0.15) is 22.3 Å². The minimum absolute atomic E-state index is 0.600. The van der Waals surface area contributed by atoms with E-state index < -0.39 is 5.41 Å². The Morgan fingerprint density at radius 2 is 0.968 bits per heavy atom. The van der Waals surface area contributed by atoms with Gasteiger partial charge in [0.05, 0.1) is 27.8 Å². The zero-order valence-electron chi connectivity index (χ0n) is 33.7. The molecule has 290 valence electrons. The number of nitrogens with zero attached hydrogens (tertiary/aromatic N) is 2. The first-order chi connectivity index (χ1) is 30.8. The standard InChI is InChI=1S/C59H38N2O/c1-3-18-39(19-4-1)42-22-8-13-30-52(42)61-53-31-14-9-24-44(53)45-35-34-41(38-55(45)61)60(40-20-5-2-6-21-40)54-37-36-46-43-23-7-10-26-48(43)59(51-29-17-25-47(54)58(46)51)49-27-11-15-32-56(49)62-57-33-16-12-28-50(57)59/h1-38H. The number of ether oxygens (including phenoxy) is 1. The lowest BCUT2D eigenvalue weighted by Gasteiger charge is -2.45. The Labute approximate surface area is 360 Å². The molecule has 0 atom stereocenters. The zero-order chi connectivity index (χ0) is 40.8. The van der Waals surface area contributed by atoms with Gasteiger partial charge in [-0.3, -0.25) is 0 Å². The Hall–Kier alpha value is -8.14. The quantitative estimate of drug-likeness (QED) is 0.173. The van der Waals surface area contributed by atoms with Gasteiger partial charge in [0.1, 0.15) is 11.5 Å². The van der Waals surface area contributed by atoms with E-state index >= 15 is 0 Å². The average Bonchev–Trinajstić information content (AvgIpc) is 3.67. The van der Waals surface area contributed by atoms with Crippen molar-refractivity contribution >= 4 is 49.6 Å². The third kappa shape index (κ3) is 4.82. The number of aromatic nitrogens is 1. The molecule has 0 fully saturated rings. The third-order valence-corrected chi connectivity index (χ3v) is 13.2. The summed E-state index contributed by atoms with van der Waals surface area (Å²) in [5.41, 5.74) is 15.9. The van der Waals surface area contributed by atoms with E-state index in [0.717, 1.165) is 50.9 Å². The van der Waals surface area contributed by atoms with Crippen LogP contribution >= 0.6 is 0 Å². The number of benzene rings is 10. The van der Waals surface area contributed by atoms with Gasteiger partial charge in [0.15, 0.2) is 0 Å². The summed E-state index contributed by atoms with van der Waals surface area (Å²) in [7, 11) is 0. The molecule has 1 aromatic heterocycles. The van der Waals surface area contributed by atoms with Crippen molar-refractivity contribution in [2.45, 2.75) is 5.41 Å². The maximum absolute atomic E-state index is 6.70. The van der Waals surface area contributed by atoms with Crippen LogP contribution in [0.5, 0.6) is 11.5 Å². The van der Waals surface area contributed by atoms with E-state index in [-0.39, 0.29) is 0 Å². The van der Waals surface area contributed by atoms with Crippen LogP contribution in [0, 0.1) is 0 Å². The van der Waals surface area contributed by atoms with Crippen LogP contribution in [0.2, 0.25) is 0 Å². The van der Waals surface area contributed by atoms with Crippen molar-refractivity contribution in [2.75, 3.05) is 4.90 Å². The highest BCUT2D eigenvalue weighted by atomic mass is 16.5. The first-order valence-electron chi connectivity index (χ1n) is 21.4. The lowest BCUT2D eigenvalue weighted by Crippen LogP contribution is -2.36. The molecule has 10 aromatic carbocycles. The summed E-state index contributed by atoms with van der Waals surface area (Å²) < 4.78 is 9.16. The molecular formula is C59H38N2O. The lowest BCUT2D eigenvalue weighted by molar-refractivity contribution is 0.435. The molecule has 0 N–H and O–H groups in total. The van der Waals surface area contributed by atoms with Gasteiger partial charge in [-0.15, -0.1) is 0 Å². The summed E-state index contributed by atoms with van der Waals surface area (Å²) in [4.78, 5) is 2.45. The fourth-order valence-electron chi connectivity index (χ4n) is 10.8. The zero-order valence-corrected chi connectivity index (χ0v) is 33.7. The van der Waals surface area contributed by atoms with Crippen LogP contribution in [-0.2, 0) is 5.41 Å². The van der Waals surface area contributed by atoms with Crippen LogP contribution in [0.25, 0.3) is 60.5 Å². The SMILES string of the molecule is c1ccc(-c2ccccc2-n2c3ccccc3c3ccc(N(c4ccccc4)c4ccc5c6c(cccc46)C4(c6ccccc6Oc6ccccc64)c4ccccc4-5)cc32)cc1. The van der Waals surface area contributed by atoms with Crippen LogP contribution in [0.4, 0.5) is 17.1 Å². The van der Waals surface area contributed by atoms with Crippen LogP contribution < -0.4 is 9.64 Å². The highest BCUT2D eigenvalue weighted by Crippen LogP contribution is 2.62. The normalized spacial score (nSPS) is 13.1. The minimum atomic E-state index is -0.600. The fourth-order valence-corrected chi connectivity index (χ4v) is 10.8. The van der Waals surface area contributed by atoms with Crippen molar-refractivity contribution in [3.63, 3.8) is 0 Å². The van der Waals surface area contributed by atoms with Crippen molar-refractivity contribution in [1.29, 1.82) is 0 Å². The Balaban J connectivity index is 1.10. The fraction of sp³-hybridized carbons (Fsp3) is 0.0169. The second kappa shape index (κ2) is 13.4. The summed E-state index contributed by atoms with van der Waals surface area (Å²) in [6.45, 7) is 0. The van der Waals surface area contributed by atoms with Gasteiger partial charge in [-0.25, -0.2) is 0 Å². The summed E-state index contributed by atoms with van der Waals surface area (Å²) >= 11 is 0. The van der Waals surface area contributed by atoms with E-state index in [1.54, 1.807) is 0 Å². The molecule has 1 spiro atoms. The molecule has 11 aromatic rings. The maximum atomic E-state index is 6.70. The number of hydrogen-bond acceptors (Lipinski definition) is 2. The Bertz CT molecular complexity index is 3520. The molecule has 1 aliphatic carbocycles. The lowest BCUT2D eigenvalue weighted by atomic mass is 9.58. The third-order valence-electron chi connectivity index (χ3n) is 13.2. The van der Waals surface area contributed by atoms with Gasteiger partial charge in [-0.1, -0.05) is 176 Å². The van der Waals surface area contributed by atoms with Crippen LogP contribution in [-0.4, -0.2) is 4.57 Å². The molecular weight excluding hydrogens is 753 g/mol. The summed E-state index contributed by atoms with van der Waals surface area (Å²) in [6, 6.07) is 83.9. The van der Waals surface area contributed by atoms with Gasteiger partial charge in [-0.05, 0) is 87.8 Å². The first kappa shape index (κ1) is 34.7. The van der Waals surface area contributed by atoms with E-state index in [9.17, 15) is 0 Å². The van der Waals surface area contributed by atoms with E-state index in [0.29, 0.717) is 0 Å². The Morgan fingerprint density at radius 1 is 0.371 bits per heavy atom. The molecule has 0 amide bonds. The van der Waals surface area contributed by atoms with Crippen molar-refractivity contribution in [2.24, 2.45) is 0 Å². The van der Waals surface area contributed by atoms with Gasteiger partial charge in [0.25, 0.3) is 0 Å². The maximum Gasteiger partial charge on any atom is 0.132 e. The summed E-state index contributed by atoms with van der Waals surface area (Å²) in [5, 5.41) is 4.88. The number of hydrogen-bond donors (Lipinski definition) is 0. The van der Waals surface area contributed by atoms with Crippen molar-refractivity contribution in [3.8, 4) is 39.4 Å². The van der Waals surface area contributed by atoms with E-state index in [2.05, 4.69) is 240 Å². The molecule has 2 heterocycles. The predicted molar refractivity (Wildman–Crippen MR) is 256 cm³/mol. The minimum Gasteiger partial charge on any atom is -0.457 e. The molecule has 3 heteroatoms. The molecule has 0 unspecified atom stereocenters. The van der Waals surface area contributed by atoms with E-state index in [1.165, 1.54) is 60.4 Å². The summed E-state index contributed by atoms with van der Waals surface area (Å²) in [6.07, 6.45) is 0. The number of anilines is 3. The largest absolute Gasteiger partial charge is 0.457 e. The second-order valence-corrected chi connectivity index (χ2v) is 16.4. The summed E-state index contributed by atoms with van der Waals surface area (Å²) in [5.74, 6) is 1.78. The second-order valence-electron chi connectivity index (χ2n) is 16.4. The monoisotopic (exact) mass is 790 g/mol. The molecule has 13 rings (SSSR count). The number of para-hydroxylation sites is 5. The highest BCUT2D eigenvalue weighted by Gasteiger charge is 2.49. The topological polar surface area (TPSA) is 17.4 Å². The molecule has 62 heavy (non-hydrogen) atoms. The Morgan fingerprint density at radius 3 is 1.76 bits per heavy atom. The van der Waals surface area contributed by atoms with Gasteiger partial charge >= 0.3 is 0 Å². The van der Waals surface area contributed by atoms with Crippen molar-refractivity contribution in [3.05, 3.63) is 253 Å². The molecule has 0 saturated heterocycles. The molecule has 3 nitrogen and oxygen atoms in total. The first-order valence-corrected chi connectivity index (χ1v) is 21.4. The molecule has 0 bridgehead atoms. The Kier molecular flexibility index (Phi) is 7.52. The number of fused-ring (bicyclic) bond motifs is 11. The molecule has 0 radical (unpaired) electrons. The average molecular weight is 791 g/mol. The van der Waals surface area contributed by atoms with Crippen molar-refractivity contribution in [1.82, 2.24) is 4.57 Å². The molecule has 0 saturated carbocycles. The number of rotatable bonds is 5. The van der Waals surface area contributed by atoms with Gasteiger partial charge in [-0.2, -0.15) is 0 Å². The predicted octanol–water partition coefficient (Wildman–Crippen LogP) is 15.5. The molecule has 2 aliphatic rings. The molecule has 1 aliphatic heterocycles. The highest BCUT2D eigenvalue weighted by molar-refractivity contribution is 6.14. The van der Waals surface area contributed by atoms with Crippen molar-refractivity contribution < 1.29 is 4.74 Å². The van der Waals surface area contributed by atoms with E-state index in [4.69, 9.17) is 4.74 Å². The van der Waals surface area contributed by atoms with Crippen LogP contribution in [0.3, 0.4) is 0 Å². The van der Waals surface area contributed by atoms with Gasteiger partial charge in [0.2, 0.25) is 0 Å². The smallest absolute Gasteiger partial charge is 0.132 e. The van der Waals surface area contributed by atoms with Crippen LogP contribution in [0.15, 0.2) is 231 Å². The van der Waals surface area contributed by atoms with E-state index in [1.807, 2.05) is 0 Å².